The second-order valence-electron chi connectivity index (χ2n) is 7.86. The Morgan fingerprint density at radius 1 is 1.07 bits per heavy atom. The maximum Gasteiger partial charge on any atom is 0.251 e. The van der Waals surface area contributed by atoms with Gasteiger partial charge in [-0.15, -0.1) is 0 Å². The van der Waals surface area contributed by atoms with Crippen LogP contribution < -0.4 is 5.32 Å². The van der Waals surface area contributed by atoms with Gasteiger partial charge in [-0.25, -0.2) is 0 Å². The van der Waals surface area contributed by atoms with E-state index in [4.69, 9.17) is 4.74 Å². The van der Waals surface area contributed by atoms with E-state index in [9.17, 15) is 30.3 Å². The molecule has 1 saturated heterocycles. The highest BCUT2D eigenvalue weighted by atomic mass is 16.6. The molecule has 8 heteroatoms. The minimum absolute atomic E-state index is 0.0989. The standard InChI is InChI=1S/C22H25NO7/c1-10-6-11(12-2-3-13-8-23-22(29)15(13)7-12)4-5-14(10)17(25)21-20(28)19(27)18(26)16(9-24)30-21/h2-7,16-21,24-28H,8-9H2,1H3,(H,23,29)/t16?,17-,18-,19?,20?,21-/m1/s1. The number of hydrogen-bond donors (Lipinski definition) is 6. The summed E-state index contributed by atoms with van der Waals surface area (Å²) in [6, 6.07) is 11.0. The van der Waals surface area contributed by atoms with Gasteiger partial charge < -0.3 is 35.6 Å². The Balaban J connectivity index is 1.60. The Kier molecular flexibility index (Phi) is 5.63. The number of rotatable bonds is 4. The van der Waals surface area contributed by atoms with Crippen molar-refractivity contribution < 1.29 is 35.1 Å². The number of aliphatic hydroxyl groups excluding tert-OH is 5. The van der Waals surface area contributed by atoms with Gasteiger partial charge in [0.1, 0.15) is 36.6 Å². The Hall–Kier alpha value is -2.33. The summed E-state index contributed by atoms with van der Waals surface area (Å²) in [6.07, 6.45) is -8.13. The minimum atomic E-state index is -1.55. The van der Waals surface area contributed by atoms with E-state index in [1.54, 1.807) is 19.1 Å². The molecule has 0 radical (unpaired) electrons. The van der Waals surface area contributed by atoms with Crippen LogP contribution in [0, 0.1) is 6.92 Å². The van der Waals surface area contributed by atoms with Gasteiger partial charge in [0.2, 0.25) is 0 Å². The fraction of sp³-hybridized carbons (Fsp3) is 0.409. The first-order valence-corrected chi connectivity index (χ1v) is 9.82. The molecule has 2 heterocycles. The molecule has 2 aliphatic heterocycles. The molecule has 0 spiro atoms. The second kappa shape index (κ2) is 8.07. The quantitative estimate of drug-likeness (QED) is 0.406. The summed E-state index contributed by atoms with van der Waals surface area (Å²) in [7, 11) is 0. The van der Waals surface area contributed by atoms with E-state index in [1.165, 1.54) is 0 Å². The van der Waals surface area contributed by atoms with Gasteiger partial charge in [0, 0.05) is 12.1 Å². The number of carbonyl (C=O) groups excluding carboxylic acids is 1. The molecule has 0 bridgehead atoms. The van der Waals surface area contributed by atoms with Crippen LogP contribution >= 0.6 is 0 Å². The summed E-state index contributed by atoms with van der Waals surface area (Å²) in [4.78, 5) is 11.9. The zero-order chi connectivity index (χ0) is 21.6. The van der Waals surface area contributed by atoms with Crippen molar-refractivity contribution in [1.82, 2.24) is 5.32 Å². The molecule has 30 heavy (non-hydrogen) atoms. The maximum atomic E-state index is 11.9. The molecule has 2 aromatic rings. The summed E-state index contributed by atoms with van der Waals surface area (Å²) in [5, 5.41) is 53.2. The highest BCUT2D eigenvalue weighted by Gasteiger charge is 2.46. The summed E-state index contributed by atoms with van der Waals surface area (Å²) in [6.45, 7) is 1.77. The maximum absolute atomic E-state index is 11.9. The van der Waals surface area contributed by atoms with Crippen LogP contribution in [0.1, 0.15) is 33.2 Å². The van der Waals surface area contributed by atoms with E-state index in [-0.39, 0.29) is 5.91 Å². The fourth-order valence-electron chi connectivity index (χ4n) is 4.15. The SMILES string of the molecule is Cc1cc(-c2ccc3c(c2)C(=O)NC3)ccc1[C@@H](O)[C@H]1OC(CO)[C@@H](O)C(O)C1O. The van der Waals surface area contributed by atoms with Gasteiger partial charge in [0.25, 0.3) is 5.91 Å². The average molecular weight is 415 g/mol. The van der Waals surface area contributed by atoms with E-state index in [0.717, 1.165) is 22.3 Å². The van der Waals surface area contributed by atoms with E-state index in [2.05, 4.69) is 5.32 Å². The van der Waals surface area contributed by atoms with Gasteiger partial charge in [-0.1, -0.05) is 30.3 Å². The van der Waals surface area contributed by atoms with Crippen LogP contribution in [0.4, 0.5) is 0 Å². The third-order valence-corrected chi connectivity index (χ3v) is 5.96. The Bertz CT molecular complexity index is 960. The third kappa shape index (κ3) is 3.51. The molecule has 1 fully saturated rings. The van der Waals surface area contributed by atoms with Gasteiger partial charge in [-0.3, -0.25) is 4.79 Å². The largest absolute Gasteiger partial charge is 0.394 e. The molecule has 0 aliphatic carbocycles. The Labute approximate surface area is 173 Å². The van der Waals surface area contributed by atoms with Crippen molar-refractivity contribution in [2.24, 2.45) is 0 Å². The first kappa shape index (κ1) is 20.9. The molecule has 1 amide bonds. The van der Waals surface area contributed by atoms with Gasteiger partial charge in [-0.2, -0.15) is 0 Å². The summed E-state index contributed by atoms with van der Waals surface area (Å²) in [5.74, 6) is -0.0989. The van der Waals surface area contributed by atoms with E-state index in [0.29, 0.717) is 17.7 Å². The van der Waals surface area contributed by atoms with Crippen molar-refractivity contribution in [1.29, 1.82) is 0 Å². The number of aryl methyl sites for hydroxylation is 1. The van der Waals surface area contributed by atoms with Crippen LogP contribution in [-0.4, -0.2) is 68.6 Å². The molecule has 2 aliphatic rings. The van der Waals surface area contributed by atoms with Crippen molar-refractivity contribution in [3.63, 3.8) is 0 Å². The smallest absolute Gasteiger partial charge is 0.251 e. The summed E-state index contributed by atoms with van der Waals surface area (Å²) in [5.41, 5.74) is 4.54. The van der Waals surface area contributed by atoms with E-state index in [1.807, 2.05) is 24.3 Å². The number of amides is 1. The molecule has 160 valence electrons. The zero-order valence-electron chi connectivity index (χ0n) is 16.4. The molecule has 0 aromatic heterocycles. The van der Waals surface area contributed by atoms with Crippen molar-refractivity contribution in [2.45, 2.75) is 50.1 Å². The van der Waals surface area contributed by atoms with Crippen LogP contribution in [0.3, 0.4) is 0 Å². The predicted octanol–water partition coefficient (Wildman–Crippen LogP) is -0.219. The fourth-order valence-corrected chi connectivity index (χ4v) is 4.15. The molecule has 3 unspecified atom stereocenters. The van der Waals surface area contributed by atoms with E-state index < -0.39 is 43.2 Å². The molecule has 8 nitrogen and oxygen atoms in total. The topological polar surface area (TPSA) is 139 Å². The predicted molar refractivity (Wildman–Crippen MR) is 107 cm³/mol. The molecular weight excluding hydrogens is 390 g/mol. The highest BCUT2D eigenvalue weighted by molar-refractivity contribution is 5.99. The number of aliphatic hydroxyl groups is 5. The zero-order valence-corrected chi connectivity index (χ0v) is 16.4. The van der Waals surface area contributed by atoms with Crippen molar-refractivity contribution >= 4 is 5.91 Å². The lowest BCUT2D eigenvalue weighted by atomic mass is 9.87. The van der Waals surface area contributed by atoms with Crippen LogP contribution in [0.2, 0.25) is 0 Å². The molecule has 4 rings (SSSR count). The monoisotopic (exact) mass is 415 g/mol. The normalized spacial score (nSPS) is 29.4. The van der Waals surface area contributed by atoms with Crippen molar-refractivity contribution in [3.05, 3.63) is 58.7 Å². The van der Waals surface area contributed by atoms with Crippen molar-refractivity contribution in [3.8, 4) is 11.1 Å². The number of benzene rings is 2. The minimum Gasteiger partial charge on any atom is -0.394 e. The molecular formula is C22H25NO7. The summed E-state index contributed by atoms with van der Waals surface area (Å²) < 4.78 is 5.47. The number of carbonyl (C=O) groups is 1. The van der Waals surface area contributed by atoms with Gasteiger partial charge >= 0.3 is 0 Å². The van der Waals surface area contributed by atoms with Crippen LogP contribution in [0.5, 0.6) is 0 Å². The van der Waals surface area contributed by atoms with E-state index >= 15 is 0 Å². The first-order valence-electron chi connectivity index (χ1n) is 9.82. The lowest BCUT2D eigenvalue weighted by Gasteiger charge is -2.42. The first-order chi connectivity index (χ1) is 14.3. The molecule has 6 N–H and O–H groups in total. The van der Waals surface area contributed by atoms with Crippen molar-refractivity contribution in [2.75, 3.05) is 6.61 Å². The lowest BCUT2D eigenvalue weighted by molar-refractivity contribution is -0.250. The highest BCUT2D eigenvalue weighted by Crippen LogP contribution is 2.34. The van der Waals surface area contributed by atoms with Crippen LogP contribution in [0.25, 0.3) is 11.1 Å². The lowest BCUT2D eigenvalue weighted by Crippen LogP contribution is -2.59. The Morgan fingerprint density at radius 3 is 2.47 bits per heavy atom. The summed E-state index contributed by atoms with van der Waals surface area (Å²) >= 11 is 0. The second-order valence-corrected chi connectivity index (χ2v) is 7.86. The number of fused-ring (bicyclic) bond motifs is 1. The van der Waals surface area contributed by atoms with Crippen LogP contribution in [0.15, 0.2) is 36.4 Å². The van der Waals surface area contributed by atoms with Gasteiger partial charge in [-0.05, 0) is 40.8 Å². The van der Waals surface area contributed by atoms with Crippen LogP contribution in [-0.2, 0) is 11.3 Å². The molecule has 2 aromatic carbocycles. The third-order valence-electron chi connectivity index (χ3n) is 5.96. The molecule has 0 saturated carbocycles. The molecule has 6 atom stereocenters. The number of ether oxygens (including phenoxy) is 1. The Morgan fingerprint density at radius 2 is 1.77 bits per heavy atom. The average Bonchev–Trinajstić information content (AvgIpc) is 3.12. The number of nitrogens with one attached hydrogen (secondary N) is 1. The van der Waals surface area contributed by atoms with Gasteiger partial charge in [0.15, 0.2) is 0 Å². The number of hydrogen-bond acceptors (Lipinski definition) is 7. The van der Waals surface area contributed by atoms with Gasteiger partial charge in [0.05, 0.1) is 6.61 Å².